The van der Waals surface area contributed by atoms with Crippen LogP contribution in [0, 0.1) is 5.92 Å². The quantitative estimate of drug-likeness (QED) is 0.889. The number of benzene rings is 1. The van der Waals surface area contributed by atoms with Crippen LogP contribution in [0.2, 0.25) is 5.02 Å². The highest BCUT2D eigenvalue weighted by Gasteiger charge is 2.22. The molecule has 1 saturated heterocycles. The molecule has 2 rings (SSSR count). The third kappa shape index (κ3) is 3.60. The van der Waals surface area contributed by atoms with Crippen LogP contribution in [0.15, 0.2) is 22.7 Å². The number of hydrogen-bond donors (Lipinski definition) is 2. The molecule has 1 aliphatic heterocycles. The predicted molar refractivity (Wildman–Crippen MR) is 79.2 cm³/mol. The van der Waals surface area contributed by atoms with Crippen molar-refractivity contribution >= 4 is 33.2 Å². The molecule has 1 unspecified atom stereocenters. The Hall–Kier alpha value is -0.290. The van der Waals surface area contributed by atoms with E-state index in [0.29, 0.717) is 18.5 Å². The highest BCUT2D eigenvalue weighted by Crippen LogP contribution is 2.27. The summed E-state index contributed by atoms with van der Waals surface area (Å²) in [5.74, 6) is 0.582. The first-order valence-corrected chi connectivity index (χ1v) is 7.37. The molecule has 1 atom stereocenters. The molecule has 100 valence electrons. The molecule has 3 N–H and O–H groups in total. The lowest BCUT2D eigenvalue weighted by Gasteiger charge is -2.30. The molecule has 5 heteroatoms. The lowest BCUT2D eigenvalue weighted by molar-refractivity contribution is 0.0614. The van der Waals surface area contributed by atoms with E-state index in [1.54, 1.807) is 0 Å². The number of ether oxygens (including phenoxy) is 1. The standard InChI is InChI=1S/C13H18BrClN2O/c14-11-7-10(1-2-12(11)15)17-13(8-16)9-3-5-18-6-4-9/h1-2,7,9,13,17H,3-6,8,16H2. The molecule has 1 aromatic carbocycles. The van der Waals surface area contributed by atoms with Gasteiger partial charge in [-0.1, -0.05) is 11.6 Å². The average Bonchev–Trinajstić information content (AvgIpc) is 2.41. The molecule has 0 spiro atoms. The number of halogens is 2. The molecular formula is C13H18BrClN2O. The monoisotopic (exact) mass is 332 g/mol. The second-order valence-electron chi connectivity index (χ2n) is 4.57. The van der Waals surface area contributed by atoms with E-state index in [1.807, 2.05) is 18.2 Å². The van der Waals surface area contributed by atoms with Gasteiger partial charge in [-0.25, -0.2) is 0 Å². The highest BCUT2D eigenvalue weighted by molar-refractivity contribution is 9.10. The number of rotatable bonds is 4. The summed E-state index contributed by atoms with van der Waals surface area (Å²) in [4.78, 5) is 0. The van der Waals surface area contributed by atoms with Crippen molar-refractivity contribution < 1.29 is 4.74 Å². The zero-order valence-electron chi connectivity index (χ0n) is 10.2. The molecule has 1 aliphatic rings. The first kappa shape index (κ1) is 14.1. The van der Waals surface area contributed by atoms with Gasteiger partial charge in [0.15, 0.2) is 0 Å². The van der Waals surface area contributed by atoms with Crippen LogP contribution < -0.4 is 11.1 Å². The molecule has 0 radical (unpaired) electrons. The van der Waals surface area contributed by atoms with Gasteiger partial charge in [-0.3, -0.25) is 0 Å². The van der Waals surface area contributed by atoms with Crippen molar-refractivity contribution in [2.75, 3.05) is 25.1 Å². The zero-order valence-corrected chi connectivity index (χ0v) is 12.5. The summed E-state index contributed by atoms with van der Waals surface area (Å²) in [6, 6.07) is 6.15. The molecule has 0 aliphatic carbocycles. The summed E-state index contributed by atoms with van der Waals surface area (Å²) in [5.41, 5.74) is 6.93. The van der Waals surface area contributed by atoms with Gasteiger partial charge in [0, 0.05) is 36.0 Å². The van der Waals surface area contributed by atoms with Crippen molar-refractivity contribution in [1.29, 1.82) is 0 Å². The van der Waals surface area contributed by atoms with Crippen molar-refractivity contribution in [3.8, 4) is 0 Å². The van der Waals surface area contributed by atoms with E-state index < -0.39 is 0 Å². The zero-order chi connectivity index (χ0) is 13.0. The van der Waals surface area contributed by atoms with Gasteiger partial charge in [0.25, 0.3) is 0 Å². The minimum absolute atomic E-state index is 0.293. The van der Waals surface area contributed by atoms with E-state index in [9.17, 15) is 0 Å². The number of nitrogens with one attached hydrogen (secondary N) is 1. The van der Waals surface area contributed by atoms with Crippen LogP contribution in [0.3, 0.4) is 0 Å². The van der Waals surface area contributed by atoms with Crippen LogP contribution in [0.4, 0.5) is 5.69 Å². The Morgan fingerprint density at radius 3 is 2.78 bits per heavy atom. The van der Waals surface area contributed by atoms with Crippen LogP contribution in [0.5, 0.6) is 0 Å². The Balaban J connectivity index is 2.02. The fourth-order valence-electron chi connectivity index (χ4n) is 2.29. The van der Waals surface area contributed by atoms with Crippen molar-refractivity contribution in [2.45, 2.75) is 18.9 Å². The molecule has 1 heterocycles. The second kappa shape index (κ2) is 6.75. The minimum Gasteiger partial charge on any atom is -0.381 e. The van der Waals surface area contributed by atoms with E-state index in [0.717, 1.165) is 41.2 Å². The van der Waals surface area contributed by atoms with Gasteiger partial charge in [0.05, 0.1) is 5.02 Å². The molecule has 1 fully saturated rings. The summed E-state index contributed by atoms with van der Waals surface area (Å²) in [6.07, 6.45) is 2.15. The number of anilines is 1. The van der Waals surface area contributed by atoms with Gasteiger partial charge in [-0.2, -0.15) is 0 Å². The van der Waals surface area contributed by atoms with Crippen molar-refractivity contribution in [3.63, 3.8) is 0 Å². The summed E-state index contributed by atoms with van der Waals surface area (Å²) in [5, 5.41) is 4.22. The van der Waals surface area contributed by atoms with Crippen LogP contribution in [0.25, 0.3) is 0 Å². The van der Waals surface area contributed by atoms with Gasteiger partial charge in [-0.05, 0) is 52.9 Å². The SMILES string of the molecule is NCC(Nc1ccc(Cl)c(Br)c1)C1CCOCC1. The molecule has 0 amide bonds. The number of nitrogens with two attached hydrogens (primary N) is 1. The Bertz CT molecular complexity index is 397. The van der Waals surface area contributed by atoms with Gasteiger partial charge in [-0.15, -0.1) is 0 Å². The maximum absolute atomic E-state index is 5.98. The maximum atomic E-state index is 5.98. The Kier molecular flexibility index (Phi) is 5.30. The summed E-state index contributed by atoms with van der Waals surface area (Å²) in [7, 11) is 0. The normalized spacial score (nSPS) is 18.6. The Labute approximate surface area is 121 Å². The Morgan fingerprint density at radius 1 is 1.44 bits per heavy atom. The maximum Gasteiger partial charge on any atom is 0.0549 e. The van der Waals surface area contributed by atoms with Crippen molar-refractivity contribution in [3.05, 3.63) is 27.7 Å². The molecule has 0 bridgehead atoms. The van der Waals surface area contributed by atoms with Gasteiger partial charge < -0.3 is 15.8 Å². The predicted octanol–water partition coefficient (Wildman–Crippen LogP) is 3.27. The van der Waals surface area contributed by atoms with Gasteiger partial charge in [0.1, 0.15) is 0 Å². The average molecular weight is 334 g/mol. The van der Waals surface area contributed by atoms with E-state index in [4.69, 9.17) is 22.1 Å². The third-order valence-electron chi connectivity index (χ3n) is 3.36. The molecule has 0 aromatic heterocycles. The van der Waals surface area contributed by atoms with E-state index in [1.165, 1.54) is 0 Å². The topological polar surface area (TPSA) is 47.3 Å². The Morgan fingerprint density at radius 2 is 2.17 bits per heavy atom. The fourth-order valence-corrected chi connectivity index (χ4v) is 2.78. The fraction of sp³-hybridized carbons (Fsp3) is 0.538. The molecular weight excluding hydrogens is 316 g/mol. The minimum atomic E-state index is 0.293. The van der Waals surface area contributed by atoms with Crippen molar-refractivity contribution in [2.24, 2.45) is 11.7 Å². The lowest BCUT2D eigenvalue weighted by Crippen LogP contribution is -2.39. The molecule has 0 saturated carbocycles. The number of hydrogen-bond acceptors (Lipinski definition) is 3. The first-order valence-electron chi connectivity index (χ1n) is 6.20. The lowest BCUT2D eigenvalue weighted by atomic mass is 9.91. The van der Waals surface area contributed by atoms with E-state index >= 15 is 0 Å². The molecule has 18 heavy (non-hydrogen) atoms. The van der Waals surface area contributed by atoms with Gasteiger partial charge >= 0.3 is 0 Å². The molecule has 1 aromatic rings. The van der Waals surface area contributed by atoms with E-state index in [-0.39, 0.29) is 0 Å². The smallest absolute Gasteiger partial charge is 0.0549 e. The third-order valence-corrected chi connectivity index (χ3v) is 4.57. The second-order valence-corrected chi connectivity index (χ2v) is 5.83. The van der Waals surface area contributed by atoms with Gasteiger partial charge in [0.2, 0.25) is 0 Å². The van der Waals surface area contributed by atoms with E-state index in [2.05, 4.69) is 21.2 Å². The highest BCUT2D eigenvalue weighted by atomic mass is 79.9. The largest absolute Gasteiger partial charge is 0.381 e. The van der Waals surface area contributed by atoms with Crippen molar-refractivity contribution in [1.82, 2.24) is 0 Å². The summed E-state index contributed by atoms with van der Waals surface area (Å²) < 4.78 is 6.29. The molecule has 3 nitrogen and oxygen atoms in total. The summed E-state index contributed by atoms with van der Waals surface area (Å²) in [6.45, 7) is 2.31. The summed E-state index contributed by atoms with van der Waals surface area (Å²) >= 11 is 9.41. The van der Waals surface area contributed by atoms with Crippen LogP contribution in [0.1, 0.15) is 12.8 Å². The van der Waals surface area contributed by atoms with Crippen LogP contribution in [-0.2, 0) is 4.74 Å². The van der Waals surface area contributed by atoms with Crippen LogP contribution >= 0.6 is 27.5 Å². The first-order chi connectivity index (χ1) is 8.70. The van der Waals surface area contributed by atoms with Crippen LogP contribution in [-0.4, -0.2) is 25.8 Å².